The molecule has 4 aromatic carbocycles. The van der Waals surface area contributed by atoms with Crippen molar-refractivity contribution in [3.63, 3.8) is 0 Å². The molecule has 0 aliphatic carbocycles. The Labute approximate surface area is 242 Å². The van der Waals surface area contributed by atoms with E-state index in [1.54, 1.807) is 60.7 Å². The molecule has 4 atom stereocenters. The van der Waals surface area contributed by atoms with E-state index in [4.69, 9.17) is 4.74 Å². The van der Waals surface area contributed by atoms with Gasteiger partial charge in [0.1, 0.15) is 11.8 Å². The van der Waals surface area contributed by atoms with E-state index in [0.29, 0.717) is 16.8 Å². The molecule has 2 fully saturated rings. The highest BCUT2D eigenvalue weighted by Crippen LogP contribution is 2.49. The number of ether oxygens (including phenoxy) is 1. The molecule has 0 saturated carbocycles. The second-order valence-corrected chi connectivity index (χ2v) is 10.8. The molecular formula is C35H26N2O5. The minimum Gasteiger partial charge on any atom is -0.425 e. The fourth-order valence-corrected chi connectivity index (χ4v) is 6.34. The SMILES string of the molecule is Cc1ccc(N2C(=O)[C@@H]3[C@H](C2=O)[C@@H](C(=O)Oc2ccc(C(=O)c4ccccc4)cc2)N2c4ccccc4C=C[C@@H]32)cc1. The highest BCUT2D eigenvalue weighted by Gasteiger charge is 2.65. The summed E-state index contributed by atoms with van der Waals surface area (Å²) in [4.78, 5) is 57.7. The van der Waals surface area contributed by atoms with Crippen LogP contribution in [-0.2, 0) is 14.4 Å². The largest absolute Gasteiger partial charge is 0.425 e. The number of hydrogen-bond acceptors (Lipinski definition) is 6. The number of aryl methyl sites for hydroxylation is 1. The predicted molar refractivity (Wildman–Crippen MR) is 158 cm³/mol. The number of anilines is 2. The summed E-state index contributed by atoms with van der Waals surface area (Å²) < 4.78 is 5.85. The summed E-state index contributed by atoms with van der Waals surface area (Å²) in [5.74, 6) is -2.94. The van der Waals surface area contributed by atoms with Crippen molar-refractivity contribution in [1.82, 2.24) is 0 Å². The molecule has 0 bridgehead atoms. The van der Waals surface area contributed by atoms with Gasteiger partial charge >= 0.3 is 5.97 Å². The van der Waals surface area contributed by atoms with E-state index < -0.39 is 35.8 Å². The number of ketones is 1. The zero-order valence-electron chi connectivity index (χ0n) is 22.7. The topological polar surface area (TPSA) is 84.0 Å². The van der Waals surface area contributed by atoms with E-state index in [1.807, 2.05) is 66.4 Å². The molecule has 2 amide bonds. The van der Waals surface area contributed by atoms with Crippen molar-refractivity contribution in [1.29, 1.82) is 0 Å². The maximum absolute atomic E-state index is 14.0. The van der Waals surface area contributed by atoms with E-state index >= 15 is 0 Å². The average Bonchev–Trinajstić information content (AvgIpc) is 3.50. The van der Waals surface area contributed by atoms with Gasteiger partial charge in [0.25, 0.3) is 0 Å². The number of para-hydroxylation sites is 1. The Morgan fingerprint density at radius 2 is 1.36 bits per heavy atom. The third kappa shape index (κ3) is 4.05. The molecule has 2 saturated heterocycles. The lowest BCUT2D eigenvalue weighted by Gasteiger charge is -2.36. The number of rotatable bonds is 5. The van der Waals surface area contributed by atoms with Crippen molar-refractivity contribution in [2.24, 2.45) is 11.8 Å². The number of carbonyl (C=O) groups excluding carboxylic acids is 4. The van der Waals surface area contributed by atoms with Crippen molar-refractivity contribution in [2.75, 3.05) is 9.80 Å². The molecule has 7 heteroatoms. The standard InChI is InChI=1S/C35H26N2O5/c1-21-11-16-25(17-12-21)36-33(39)29-28-20-15-22-7-5-6-10-27(22)37(28)31(30(29)34(36)40)35(41)42-26-18-13-24(14-19-26)32(38)23-8-3-2-4-9-23/h2-20,28-31H,1H3/t28-,29-,30-,31-/m0/s1. The van der Waals surface area contributed by atoms with Crippen LogP contribution < -0.4 is 14.5 Å². The summed E-state index contributed by atoms with van der Waals surface area (Å²) in [6.07, 6.45) is 3.84. The zero-order valence-corrected chi connectivity index (χ0v) is 22.7. The van der Waals surface area contributed by atoms with Crippen molar-refractivity contribution < 1.29 is 23.9 Å². The minimum absolute atomic E-state index is 0.141. The summed E-state index contributed by atoms with van der Waals surface area (Å²) in [5.41, 5.74) is 4.18. The molecule has 3 aliphatic heterocycles. The number of fused-ring (bicyclic) bond motifs is 5. The van der Waals surface area contributed by atoms with E-state index in [0.717, 1.165) is 16.8 Å². The molecule has 4 aromatic rings. The lowest BCUT2D eigenvalue weighted by molar-refractivity contribution is -0.139. The molecule has 3 heterocycles. The third-order valence-electron chi connectivity index (χ3n) is 8.32. The van der Waals surface area contributed by atoms with Gasteiger partial charge in [-0.15, -0.1) is 0 Å². The van der Waals surface area contributed by atoms with Crippen LogP contribution in [-0.4, -0.2) is 35.7 Å². The number of amides is 2. The first-order chi connectivity index (χ1) is 20.4. The molecule has 0 unspecified atom stereocenters. The number of imide groups is 1. The molecule has 42 heavy (non-hydrogen) atoms. The van der Waals surface area contributed by atoms with Crippen LogP contribution in [0.2, 0.25) is 0 Å². The maximum Gasteiger partial charge on any atom is 0.335 e. The van der Waals surface area contributed by atoms with Gasteiger partial charge in [0.2, 0.25) is 11.8 Å². The normalized spacial score (nSPS) is 22.0. The van der Waals surface area contributed by atoms with Gasteiger partial charge in [-0.2, -0.15) is 0 Å². The molecule has 3 aliphatic rings. The number of nitrogens with zero attached hydrogens (tertiary/aromatic N) is 2. The smallest absolute Gasteiger partial charge is 0.335 e. The Balaban J connectivity index is 1.22. The summed E-state index contributed by atoms with van der Waals surface area (Å²) in [6, 6.07) is 28.6. The van der Waals surface area contributed by atoms with Crippen LogP contribution in [0.1, 0.15) is 27.0 Å². The molecule has 0 N–H and O–H groups in total. The van der Waals surface area contributed by atoms with Gasteiger partial charge in [-0.3, -0.25) is 14.4 Å². The number of esters is 1. The van der Waals surface area contributed by atoms with Gasteiger partial charge in [0.15, 0.2) is 5.78 Å². The Kier molecular flexibility index (Phi) is 6.08. The van der Waals surface area contributed by atoms with Gasteiger partial charge in [0, 0.05) is 16.8 Å². The van der Waals surface area contributed by atoms with Crippen molar-refractivity contribution >= 4 is 41.0 Å². The Morgan fingerprint density at radius 1 is 0.714 bits per heavy atom. The molecule has 0 radical (unpaired) electrons. The number of carbonyl (C=O) groups is 4. The Hall–Kier alpha value is -5.30. The summed E-state index contributed by atoms with van der Waals surface area (Å²) in [6.45, 7) is 1.93. The maximum atomic E-state index is 14.0. The van der Waals surface area contributed by atoms with E-state index in [9.17, 15) is 19.2 Å². The van der Waals surface area contributed by atoms with E-state index in [-0.39, 0.29) is 17.4 Å². The van der Waals surface area contributed by atoms with Gasteiger partial charge in [-0.25, -0.2) is 9.69 Å². The quantitative estimate of drug-likeness (QED) is 0.146. The number of hydrogen-bond donors (Lipinski definition) is 0. The van der Waals surface area contributed by atoms with Crippen LogP contribution in [0.15, 0.2) is 109 Å². The van der Waals surface area contributed by atoms with Crippen LogP contribution in [0, 0.1) is 18.8 Å². The predicted octanol–water partition coefficient (Wildman–Crippen LogP) is 5.22. The highest BCUT2D eigenvalue weighted by molar-refractivity contribution is 6.24. The fourth-order valence-electron chi connectivity index (χ4n) is 6.34. The molecule has 7 nitrogen and oxygen atoms in total. The third-order valence-corrected chi connectivity index (χ3v) is 8.32. The first-order valence-electron chi connectivity index (χ1n) is 13.8. The minimum atomic E-state index is -1.02. The molecular weight excluding hydrogens is 528 g/mol. The van der Waals surface area contributed by atoms with Crippen LogP contribution in [0.4, 0.5) is 11.4 Å². The van der Waals surface area contributed by atoms with Gasteiger partial charge in [0.05, 0.1) is 23.6 Å². The summed E-state index contributed by atoms with van der Waals surface area (Å²) >= 11 is 0. The number of benzene rings is 4. The Morgan fingerprint density at radius 3 is 2.10 bits per heavy atom. The van der Waals surface area contributed by atoms with Crippen molar-refractivity contribution in [3.05, 3.63) is 131 Å². The second-order valence-electron chi connectivity index (χ2n) is 10.8. The van der Waals surface area contributed by atoms with E-state index in [1.165, 1.54) is 4.90 Å². The fraction of sp³-hybridized carbons (Fsp3) is 0.143. The molecule has 7 rings (SSSR count). The van der Waals surface area contributed by atoms with Gasteiger partial charge in [-0.05, 0) is 55.0 Å². The van der Waals surface area contributed by atoms with Crippen LogP contribution in [0.25, 0.3) is 6.08 Å². The molecule has 0 spiro atoms. The zero-order chi connectivity index (χ0) is 29.0. The van der Waals surface area contributed by atoms with Crippen molar-refractivity contribution in [3.8, 4) is 5.75 Å². The van der Waals surface area contributed by atoms with E-state index in [2.05, 4.69) is 0 Å². The molecule has 206 valence electrons. The second kappa shape index (κ2) is 9.96. The first-order valence-corrected chi connectivity index (χ1v) is 13.8. The van der Waals surface area contributed by atoms with Crippen LogP contribution in [0.5, 0.6) is 5.75 Å². The van der Waals surface area contributed by atoms with Gasteiger partial charge in [-0.1, -0.05) is 78.4 Å². The summed E-state index contributed by atoms with van der Waals surface area (Å²) in [7, 11) is 0. The van der Waals surface area contributed by atoms with Gasteiger partial charge < -0.3 is 9.64 Å². The Bertz CT molecular complexity index is 1760. The lowest BCUT2D eigenvalue weighted by Crippen LogP contribution is -2.50. The highest BCUT2D eigenvalue weighted by atomic mass is 16.5. The lowest BCUT2D eigenvalue weighted by atomic mass is 9.89. The van der Waals surface area contributed by atoms with Crippen molar-refractivity contribution in [2.45, 2.75) is 19.0 Å². The van der Waals surface area contributed by atoms with Crippen LogP contribution in [0.3, 0.4) is 0 Å². The van der Waals surface area contributed by atoms with Crippen LogP contribution >= 0.6 is 0 Å². The summed E-state index contributed by atoms with van der Waals surface area (Å²) in [5, 5.41) is 0. The average molecular weight is 555 g/mol. The monoisotopic (exact) mass is 554 g/mol. The molecule has 0 aromatic heterocycles. The first kappa shape index (κ1) is 25.7.